The summed E-state index contributed by atoms with van der Waals surface area (Å²) in [4.78, 5) is 15.9. The maximum absolute atomic E-state index is 5.39. The molecular weight excluding hydrogens is 1010 g/mol. The maximum Gasteiger partial charge on any atom is 0.160 e. The van der Waals surface area contributed by atoms with Crippen LogP contribution in [-0.2, 0) is 0 Å². The Kier molecular flexibility index (Phi) is 27.9. The monoisotopic (exact) mass is 1110 g/mol. The first-order valence-corrected chi connectivity index (χ1v) is 32.0. The lowest BCUT2D eigenvalue weighted by atomic mass is 9.82. The van der Waals surface area contributed by atoms with E-state index in [0.29, 0.717) is 5.82 Å². The lowest BCUT2D eigenvalue weighted by Gasteiger charge is -2.24. The van der Waals surface area contributed by atoms with Crippen LogP contribution in [-0.4, -0.2) is 15.7 Å². The average Bonchev–Trinajstić information content (AvgIpc) is 3.09. The molecule has 0 spiro atoms. The molecule has 1 aliphatic rings. The largest absolute Gasteiger partial charge is 0.252 e. The van der Waals surface area contributed by atoms with Crippen LogP contribution in [0, 0.1) is 19.8 Å². The zero-order valence-electron chi connectivity index (χ0n) is 52.4. The molecule has 1 saturated carbocycles. The summed E-state index contributed by atoms with van der Waals surface area (Å²) in [6.07, 6.45) is 14.4. The summed E-state index contributed by atoms with van der Waals surface area (Å²) < 4.78 is 2.54. The van der Waals surface area contributed by atoms with E-state index in [1.807, 2.05) is 84.9 Å². The number of aliphatic imine (C=N–C) groups is 1. The van der Waals surface area contributed by atoms with Crippen LogP contribution in [0.25, 0.3) is 81.5 Å². The molecule has 82 heavy (non-hydrogen) atoms. The first-order valence-electron chi connectivity index (χ1n) is 31.1. The van der Waals surface area contributed by atoms with E-state index >= 15 is 0 Å². The van der Waals surface area contributed by atoms with E-state index in [2.05, 4.69) is 212 Å². The van der Waals surface area contributed by atoms with Crippen LogP contribution in [0.15, 0.2) is 194 Å². The minimum Gasteiger partial charge on any atom is -0.252 e. The number of aromatic nitrogens is 2. The molecule has 0 aliphatic heterocycles. The number of hydrogen-bond donors (Lipinski definition) is 0. The minimum atomic E-state index is 0.685. The molecule has 0 bridgehead atoms. The predicted molar refractivity (Wildman–Crippen MR) is 369 cm³/mol. The summed E-state index contributed by atoms with van der Waals surface area (Å²) in [7, 11) is 0. The number of fused-ring (bicyclic) bond motifs is 4. The Labute approximate surface area is 499 Å². The van der Waals surface area contributed by atoms with Crippen molar-refractivity contribution in [3.63, 3.8) is 0 Å². The van der Waals surface area contributed by atoms with E-state index < -0.39 is 0 Å². The highest BCUT2D eigenvalue weighted by Crippen LogP contribution is 2.41. The van der Waals surface area contributed by atoms with Gasteiger partial charge in [0.25, 0.3) is 0 Å². The number of benzene rings is 8. The van der Waals surface area contributed by atoms with E-state index in [9.17, 15) is 0 Å². The van der Waals surface area contributed by atoms with Crippen LogP contribution in [0.2, 0.25) is 0 Å². The first-order chi connectivity index (χ1) is 40.2. The van der Waals surface area contributed by atoms with E-state index in [0.717, 1.165) is 73.2 Å². The van der Waals surface area contributed by atoms with Crippen molar-refractivity contribution in [1.29, 1.82) is 0 Å². The van der Waals surface area contributed by atoms with E-state index in [4.69, 9.17) is 15.0 Å². The third kappa shape index (κ3) is 16.9. The number of nitrogens with zero attached hydrogens (tertiary/aromatic N) is 3. The van der Waals surface area contributed by atoms with Crippen molar-refractivity contribution in [2.75, 3.05) is 0 Å². The number of rotatable bonds is 14. The van der Waals surface area contributed by atoms with Crippen molar-refractivity contribution < 1.29 is 0 Å². The molecule has 0 radical (unpaired) electrons. The van der Waals surface area contributed by atoms with Gasteiger partial charge in [-0.15, -0.1) is 11.3 Å². The van der Waals surface area contributed by atoms with Crippen molar-refractivity contribution in [3.05, 3.63) is 216 Å². The zero-order chi connectivity index (χ0) is 59.4. The maximum atomic E-state index is 5.39. The third-order valence-electron chi connectivity index (χ3n) is 14.7. The molecule has 1 fully saturated rings. The van der Waals surface area contributed by atoms with Crippen LogP contribution in [0.3, 0.4) is 0 Å². The van der Waals surface area contributed by atoms with Crippen LogP contribution < -0.4 is 0 Å². The van der Waals surface area contributed by atoms with Crippen molar-refractivity contribution in [2.45, 2.75) is 161 Å². The molecule has 0 unspecified atom stereocenters. The summed E-state index contributed by atoms with van der Waals surface area (Å²) in [6.45, 7) is 33.8. The fourth-order valence-corrected chi connectivity index (χ4v) is 11.4. The van der Waals surface area contributed by atoms with Gasteiger partial charge in [0.15, 0.2) is 5.82 Å². The van der Waals surface area contributed by atoms with Crippen LogP contribution in [0.1, 0.15) is 175 Å². The Bertz CT molecular complexity index is 3540. The van der Waals surface area contributed by atoms with Gasteiger partial charge in [-0.3, -0.25) is 4.99 Å². The quantitative estimate of drug-likeness (QED) is 0.0804. The molecule has 3 nitrogen and oxygen atoms in total. The van der Waals surface area contributed by atoms with Crippen molar-refractivity contribution in [3.8, 4) is 45.0 Å². The molecule has 1 aliphatic carbocycles. The van der Waals surface area contributed by atoms with Gasteiger partial charge in [-0.2, -0.15) is 0 Å². The molecular formula is C78H95N3S. The minimum absolute atomic E-state index is 0.685. The van der Waals surface area contributed by atoms with Crippen molar-refractivity contribution >= 4 is 59.3 Å². The SMILES string of the molecule is C=C(c1ccc(-c2nc(-c3ccc4c(c3)sc3ccccc34)c(C)c(-c3c(C)ccc4ccccc34)n2)cc1)c1ccccc1N=C(C)c1cccc(-c2ccccc2)c1.CC.CC.CC.CC.CCCC1CCC1.CCCCCCC. The van der Waals surface area contributed by atoms with Gasteiger partial charge in [0.1, 0.15) is 0 Å². The van der Waals surface area contributed by atoms with E-state index in [1.54, 1.807) is 0 Å². The molecule has 2 aromatic heterocycles. The highest BCUT2D eigenvalue weighted by molar-refractivity contribution is 7.25. The third-order valence-corrected chi connectivity index (χ3v) is 15.8. The number of hydrogen-bond acceptors (Lipinski definition) is 4. The number of thiophene rings is 1. The summed E-state index contributed by atoms with van der Waals surface area (Å²) >= 11 is 1.83. The number of unbranched alkanes of at least 4 members (excludes halogenated alkanes) is 4. The molecule has 428 valence electrons. The number of para-hydroxylation sites is 1. The fraction of sp³-hybridized carbons (Fsp3) is 0.321. The smallest absolute Gasteiger partial charge is 0.160 e. The normalized spacial score (nSPS) is 11.6. The Hall–Kier alpha value is -7.27. The van der Waals surface area contributed by atoms with E-state index in [1.165, 1.54) is 112 Å². The second kappa shape index (κ2) is 34.9. The van der Waals surface area contributed by atoms with Gasteiger partial charge < -0.3 is 0 Å². The zero-order valence-corrected chi connectivity index (χ0v) is 53.2. The molecule has 8 aromatic carbocycles. The van der Waals surface area contributed by atoms with Gasteiger partial charge in [0.05, 0.1) is 17.1 Å². The van der Waals surface area contributed by atoms with Crippen LogP contribution in [0.4, 0.5) is 5.69 Å². The summed E-state index contributed by atoms with van der Waals surface area (Å²) in [5.41, 5.74) is 15.5. The van der Waals surface area contributed by atoms with Gasteiger partial charge >= 0.3 is 0 Å². The van der Waals surface area contributed by atoms with Crippen LogP contribution >= 0.6 is 11.3 Å². The molecule has 0 amide bonds. The molecule has 10 aromatic rings. The Balaban J connectivity index is 0.000000482. The van der Waals surface area contributed by atoms with Gasteiger partial charge in [-0.05, 0) is 95.1 Å². The van der Waals surface area contributed by atoms with Gasteiger partial charge in [-0.1, -0.05) is 305 Å². The lowest BCUT2D eigenvalue weighted by molar-refractivity contribution is 0.294. The summed E-state index contributed by atoms with van der Waals surface area (Å²) in [5.74, 6) is 1.81. The molecule has 4 heteroatoms. The highest BCUT2D eigenvalue weighted by atomic mass is 32.1. The van der Waals surface area contributed by atoms with E-state index in [-0.39, 0.29) is 0 Å². The first kappa shape index (κ1) is 65.5. The molecule has 0 atom stereocenters. The topological polar surface area (TPSA) is 38.1 Å². The lowest BCUT2D eigenvalue weighted by Crippen LogP contribution is -2.09. The molecule has 2 heterocycles. The van der Waals surface area contributed by atoms with Crippen LogP contribution in [0.5, 0.6) is 0 Å². The number of aryl methyl sites for hydroxylation is 1. The predicted octanol–water partition coefficient (Wildman–Crippen LogP) is 25.2. The molecule has 0 saturated heterocycles. The van der Waals surface area contributed by atoms with Gasteiger partial charge in [-0.25, -0.2) is 9.97 Å². The fourth-order valence-electron chi connectivity index (χ4n) is 10.2. The standard InChI is InChI=1S/C56H41N3S.C7H14.C7H16.4C2H6/c1-35-25-26-41-17-8-9-21-47(41)53(35)55-37(3)54(45-31-32-49-48-22-11-13-24-51(48)60-52(49)34-45)58-56(59-55)42-29-27-39(28-30-42)36(2)46-20-10-12-23-50(46)57-38(4)43-18-14-19-44(33-43)40-15-6-5-7-16-40;1-2-4-7-5-3-6-7;1-3-5-7-6-4-2;4*1-2/h5-34H,2H2,1,3-4H3;7H,2-6H2,1H3;3-7H2,1-2H3;4*1-2H3. The second-order valence-corrected chi connectivity index (χ2v) is 21.1. The molecule has 11 rings (SSSR count). The highest BCUT2D eigenvalue weighted by Gasteiger charge is 2.20. The van der Waals surface area contributed by atoms with Crippen molar-refractivity contribution in [2.24, 2.45) is 10.9 Å². The van der Waals surface area contributed by atoms with Gasteiger partial charge in [0, 0.05) is 53.7 Å². The second-order valence-electron chi connectivity index (χ2n) is 20.0. The summed E-state index contributed by atoms with van der Waals surface area (Å²) in [6, 6.07) is 64.2. The van der Waals surface area contributed by atoms with Crippen molar-refractivity contribution in [1.82, 2.24) is 9.97 Å². The molecule has 0 N–H and O–H groups in total. The van der Waals surface area contributed by atoms with Gasteiger partial charge in [0.2, 0.25) is 0 Å². The Morgan fingerprint density at radius 3 is 1.77 bits per heavy atom. The Morgan fingerprint density at radius 2 is 1.11 bits per heavy atom. The average molecular weight is 1110 g/mol. The summed E-state index contributed by atoms with van der Waals surface area (Å²) in [5, 5.41) is 4.93. The Morgan fingerprint density at radius 1 is 0.512 bits per heavy atom.